The number of anilines is 2. The van der Waals surface area contributed by atoms with Gasteiger partial charge < -0.3 is 10.1 Å². The number of rotatable bonds is 7. The van der Waals surface area contributed by atoms with Crippen molar-refractivity contribution in [1.29, 1.82) is 0 Å². The lowest BCUT2D eigenvalue weighted by atomic mass is 10.2. The van der Waals surface area contributed by atoms with Crippen molar-refractivity contribution in [2.75, 3.05) is 23.3 Å². The third-order valence-electron chi connectivity index (χ3n) is 4.75. The van der Waals surface area contributed by atoms with Crippen LogP contribution >= 0.6 is 11.6 Å². The van der Waals surface area contributed by atoms with Gasteiger partial charge in [0.25, 0.3) is 10.0 Å². The average molecular weight is 477 g/mol. The first-order valence-electron chi connectivity index (χ1n) is 9.61. The number of aryl methyl sites for hydroxylation is 2. The van der Waals surface area contributed by atoms with Crippen LogP contribution < -0.4 is 14.4 Å². The van der Waals surface area contributed by atoms with Crippen LogP contribution in [0.5, 0.6) is 5.75 Å². The number of hydrogen-bond donors (Lipinski definition) is 1. The number of amides is 1. The molecule has 6 nitrogen and oxygen atoms in total. The fraction of sp³-hybridized carbons (Fsp3) is 0.174. The molecule has 0 atom stereocenters. The van der Waals surface area contributed by atoms with Gasteiger partial charge in [-0.25, -0.2) is 12.8 Å². The number of hydrogen-bond acceptors (Lipinski definition) is 4. The van der Waals surface area contributed by atoms with E-state index >= 15 is 0 Å². The summed E-state index contributed by atoms with van der Waals surface area (Å²) in [6, 6.07) is 14.5. The van der Waals surface area contributed by atoms with Crippen molar-refractivity contribution in [3.63, 3.8) is 0 Å². The van der Waals surface area contributed by atoms with Crippen LogP contribution in [0.2, 0.25) is 5.02 Å². The third kappa shape index (κ3) is 5.20. The van der Waals surface area contributed by atoms with Gasteiger partial charge in [-0.2, -0.15) is 0 Å². The number of carbonyl (C=O) groups is 1. The molecule has 0 aliphatic heterocycles. The predicted molar refractivity (Wildman–Crippen MR) is 123 cm³/mol. The fourth-order valence-electron chi connectivity index (χ4n) is 3.11. The zero-order valence-corrected chi connectivity index (χ0v) is 19.3. The number of nitrogens with zero attached hydrogens (tertiary/aromatic N) is 1. The molecule has 9 heteroatoms. The van der Waals surface area contributed by atoms with Crippen molar-refractivity contribution in [1.82, 2.24) is 0 Å². The minimum atomic E-state index is -4.23. The van der Waals surface area contributed by atoms with Crippen LogP contribution in [0.4, 0.5) is 15.8 Å². The SMILES string of the molecule is COc1ccc(C)cc1S(=O)(=O)N(CC(=O)Nc1ccc(Cl)cc1C)c1ccc(F)cc1. The van der Waals surface area contributed by atoms with Gasteiger partial charge in [0, 0.05) is 10.7 Å². The Labute approximate surface area is 191 Å². The van der Waals surface area contributed by atoms with Gasteiger partial charge in [0.05, 0.1) is 12.8 Å². The third-order valence-corrected chi connectivity index (χ3v) is 6.78. The van der Waals surface area contributed by atoms with Gasteiger partial charge >= 0.3 is 0 Å². The van der Waals surface area contributed by atoms with E-state index in [9.17, 15) is 17.6 Å². The van der Waals surface area contributed by atoms with Crippen LogP contribution in [0.1, 0.15) is 11.1 Å². The van der Waals surface area contributed by atoms with E-state index in [0.29, 0.717) is 16.3 Å². The lowest BCUT2D eigenvalue weighted by Gasteiger charge is -2.25. The summed E-state index contributed by atoms with van der Waals surface area (Å²) in [6.07, 6.45) is 0. The maximum Gasteiger partial charge on any atom is 0.268 e. The molecule has 168 valence electrons. The molecule has 0 saturated carbocycles. The summed E-state index contributed by atoms with van der Waals surface area (Å²) in [7, 11) is -2.87. The summed E-state index contributed by atoms with van der Waals surface area (Å²) < 4.78 is 46.9. The maximum absolute atomic E-state index is 13.6. The Hall–Kier alpha value is -3.10. The summed E-state index contributed by atoms with van der Waals surface area (Å²) >= 11 is 5.96. The molecule has 1 amide bonds. The van der Waals surface area contributed by atoms with E-state index in [0.717, 1.165) is 22.0 Å². The zero-order chi connectivity index (χ0) is 23.5. The average Bonchev–Trinajstić information content (AvgIpc) is 2.74. The number of methoxy groups -OCH3 is 1. The molecule has 32 heavy (non-hydrogen) atoms. The van der Waals surface area contributed by atoms with Crippen molar-refractivity contribution in [3.05, 3.63) is 82.6 Å². The molecule has 1 N–H and O–H groups in total. The molecule has 0 fully saturated rings. The number of benzene rings is 3. The Morgan fingerprint density at radius 1 is 1.06 bits per heavy atom. The van der Waals surface area contributed by atoms with Crippen LogP contribution in [0.25, 0.3) is 0 Å². The van der Waals surface area contributed by atoms with Gasteiger partial charge in [-0.1, -0.05) is 17.7 Å². The van der Waals surface area contributed by atoms with Gasteiger partial charge in [0.15, 0.2) is 0 Å². The van der Waals surface area contributed by atoms with E-state index in [1.54, 1.807) is 44.2 Å². The Morgan fingerprint density at radius 2 is 1.75 bits per heavy atom. The molecule has 0 saturated heterocycles. The minimum Gasteiger partial charge on any atom is -0.495 e. The second-order valence-electron chi connectivity index (χ2n) is 7.15. The van der Waals surface area contributed by atoms with Crippen LogP contribution in [0, 0.1) is 19.7 Å². The van der Waals surface area contributed by atoms with Crippen molar-refractivity contribution in [2.45, 2.75) is 18.7 Å². The van der Waals surface area contributed by atoms with E-state index in [-0.39, 0.29) is 16.3 Å². The van der Waals surface area contributed by atoms with E-state index < -0.39 is 28.3 Å². The largest absolute Gasteiger partial charge is 0.495 e. The number of ether oxygens (including phenoxy) is 1. The standard InChI is InChI=1S/C23H22ClFN2O4S/c1-15-4-11-21(31-3)22(12-15)32(29,30)27(19-8-6-18(25)7-9-19)14-23(28)26-20-10-5-17(24)13-16(20)2/h4-13H,14H2,1-3H3,(H,26,28). The molecule has 0 bridgehead atoms. The molecule has 0 radical (unpaired) electrons. The summed E-state index contributed by atoms with van der Waals surface area (Å²) in [4.78, 5) is 12.7. The highest BCUT2D eigenvalue weighted by Crippen LogP contribution is 2.31. The van der Waals surface area contributed by atoms with E-state index in [2.05, 4.69) is 5.32 Å². The van der Waals surface area contributed by atoms with Crippen LogP contribution in [-0.2, 0) is 14.8 Å². The lowest BCUT2D eigenvalue weighted by Crippen LogP contribution is -2.38. The Morgan fingerprint density at radius 3 is 2.38 bits per heavy atom. The first-order valence-corrected chi connectivity index (χ1v) is 11.4. The summed E-state index contributed by atoms with van der Waals surface area (Å²) in [5.41, 5.74) is 2.06. The predicted octanol–water partition coefficient (Wildman–Crippen LogP) is 4.94. The molecule has 0 unspecified atom stereocenters. The summed E-state index contributed by atoms with van der Waals surface area (Å²) in [5, 5.41) is 3.22. The van der Waals surface area contributed by atoms with E-state index in [1.165, 1.54) is 25.3 Å². The second kappa shape index (κ2) is 9.58. The lowest BCUT2D eigenvalue weighted by molar-refractivity contribution is -0.114. The number of sulfonamides is 1. The van der Waals surface area contributed by atoms with Gasteiger partial charge in [0.2, 0.25) is 5.91 Å². The number of nitrogens with one attached hydrogen (secondary N) is 1. The van der Waals surface area contributed by atoms with Crippen LogP contribution in [0.15, 0.2) is 65.6 Å². The Kier molecular flexibility index (Phi) is 7.06. The topological polar surface area (TPSA) is 75.7 Å². The van der Waals surface area contributed by atoms with E-state index in [1.807, 2.05) is 0 Å². The number of carbonyl (C=O) groups excluding carboxylic acids is 1. The van der Waals surface area contributed by atoms with Crippen LogP contribution in [0.3, 0.4) is 0 Å². The normalized spacial score (nSPS) is 11.2. The smallest absolute Gasteiger partial charge is 0.268 e. The van der Waals surface area contributed by atoms with Crippen molar-refractivity contribution >= 4 is 38.9 Å². The fourth-order valence-corrected chi connectivity index (χ4v) is 5.01. The van der Waals surface area contributed by atoms with Crippen molar-refractivity contribution in [3.8, 4) is 5.75 Å². The molecular formula is C23H22ClFN2O4S. The monoisotopic (exact) mass is 476 g/mol. The maximum atomic E-state index is 13.6. The van der Waals surface area contributed by atoms with Gasteiger partial charge in [-0.15, -0.1) is 0 Å². The molecule has 0 spiro atoms. The van der Waals surface area contributed by atoms with Gasteiger partial charge in [-0.05, 0) is 79.6 Å². The minimum absolute atomic E-state index is 0.0974. The molecule has 0 aromatic heterocycles. The number of halogens is 2. The molecule has 3 aromatic rings. The molecule has 0 aliphatic rings. The highest BCUT2D eigenvalue weighted by molar-refractivity contribution is 7.93. The summed E-state index contributed by atoms with van der Waals surface area (Å²) in [5.74, 6) is -0.966. The quantitative estimate of drug-likeness (QED) is 0.524. The molecule has 3 aromatic carbocycles. The van der Waals surface area contributed by atoms with Crippen molar-refractivity contribution < 1.29 is 22.3 Å². The Balaban J connectivity index is 2.02. The molecular weight excluding hydrogens is 455 g/mol. The zero-order valence-electron chi connectivity index (χ0n) is 17.7. The Bertz CT molecular complexity index is 1250. The highest BCUT2D eigenvalue weighted by Gasteiger charge is 2.30. The van der Waals surface area contributed by atoms with Gasteiger partial charge in [0.1, 0.15) is 23.0 Å². The van der Waals surface area contributed by atoms with Crippen LogP contribution in [-0.4, -0.2) is 28.0 Å². The summed E-state index contributed by atoms with van der Waals surface area (Å²) in [6.45, 7) is 2.98. The molecule has 0 aliphatic carbocycles. The highest BCUT2D eigenvalue weighted by atomic mass is 35.5. The molecule has 3 rings (SSSR count). The van der Waals surface area contributed by atoms with Gasteiger partial charge in [-0.3, -0.25) is 9.10 Å². The van der Waals surface area contributed by atoms with E-state index in [4.69, 9.17) is 16.3 Å². The van der Waals surface area contributed by atoms with Crippen molar-refractivity contribution in [2.24, 2.45) is 0 Å². The molecule has 0 heterocycles. The first-order chi connectivity index (χ1) is 15.1. The second-order valence-corrected chi connectivity index (χ2v) is 9.42. The first kappa shape index (κ1) is 23.6.